The van der Waals surface area contributed by atoms with Gasteiger partial charge in [0.05, 0.1) is 0 Å². The molecule has 1 saturated heterocycles. The van der Waals surface area contributed by atoms with Gasteiger partial charge in [-0.3, -0.25) is 0 Å². The summed E-state index contributed by atoms with van der Waals surface area (Å²) >= 11 is 0. The van der Waals surface area contributed by atoms with Crippen LogP contribution in [0.3, 0.4) is 0 Å². The first kappa shape index (κ1) is 7.56. The van der Waals surface area contributed by atoms with E-state index in [9.17, 15) is 0 Å². The smallest absolute Gasteiger partial charge is 0.0332 e. The van der Waals surface area contributed by atoms with Crippen molar-refractivity contribution in [2.45, 2.75) is 12.5 Å². The molecule has 1 aliphatic rings. The maximum atomic E-state index is 3.72. The SMILES string of the molecule is C=Cc1ccc([C@H]2CCN2)cc1. The lowest BCUT2D eigenvalue weighted by molar-refractivity contribution is 0.383. The van der Waals surface area contributed by atoms with Crippen LogP contribution in [0.5, 0.6) is 0 Å². The lowest BCUT2D eigenvalue weighted by Crippen LogP contribution is -2.34. The molecule has 1 aromatic carbocycles. The van der Waals surface area contributed by atoms with Crippen LogP contribution in [-0.4, -0.2) is 6.54 Å². The third-order valence-electron chi connectivity index (χ3n) is 2.40. The molecule has 0 amide bonds. The molecule has 2 rings (SSSR count). The molecule has 1 aliphatic heterocycles. The molecule has 62 valence electrons. The van der Waals surface area contributed by atoms with Crippen molar-refractivity contribution in [1.29, 1.82) is 0 Å². The molecule has 0 unspecified atom stereocenters. The second kappa shape index (κ2) is 3.11. The van der Waals surface area contributed by atoms with Gasteiger partial charge in [0.1, 0.15) is 0 Å². The van der Waals surface area contributed by atoms with Gasteiger partial charge in [-0.25, -0.2) is 0 Å². The summed E-state index contributed by atoms with van der Waals surface area (Å²) in [5.74, 6) is 0. The van der Waals surface area contributed by atoms with Crippen LogP contribution in [0.4, 0.5) is 0 Å². The van der Waals surface area contributed by atoms with Gasteiger partial charge < -0.3 is 5.32 Å². The first-order chi connectivity index (χ1) is 5.90. The molecular formula is C11H13N. The third-order valence-corrected chi connectivity index (χ3v) is 2.40. The van der Waals surface area contributed by atoms with Gasteiger partial charge in [-0.1, -0.05) is 36.9 Å². The summed E-state index contributed by atoms with van der Waals surface area (Å²) in [4.78, 5) is 0. The molecule has 0 spiro atoms. The summed E-state index contributed by atoms with van der Waals surface area (Å²) in [6, 6.07) is 9.18. The zero-order chi connectivity index (χ0) is 8.39. The summed E-state index contributed by atoms with van der Waals surface area (Å²) in [6.45, 7) is 4.88. The molecule has 0 aromatic heterocycles. The molecule has 1 aromatic rings. The molecule has 1 fully saturated rings. The van der Waals surface area contributed by atoms with Crippen molar-refractivity contribution >= 4 is 6.08 Å². The molecule has 0 bridgehead atoms. The van der Waals surface area contributed by atoms with E-state index in [1.165, 1.54) is 17.5 Å². The van der Waals surface area contributed by atoms with Crippen molar-refractivity contribution in [3.8, 4) is 0 Å². The number of rotatable bonds is 2. The van der Waals surface area contributed by atoms with E-state index >= 15 is 0 Å². The largest absolute Gasteiger partial charge is 0.310 e. The van der Waals surface area contributed by atoms with Gasteiger partial charge >= 0.3 is 0 Å². The van der Waals surface area contributed by atoms with Crippen molar-refractivity contribution in [3.05, 3.63) is 42.0 Å². The van der Waals surface area contributed by atoms with E-state index in [1.54, 1.807) is 0 Å². The van der Waals surface area contributed by atoms with Gasteiger partial charge in [0, 0.05) is 6.04 Å². The highest BCUT2D eigenvalue weighted by molar-refractivity contribution is 5.47. The Morgan fingerprint density at radius 1 is 1.33 bits per heavy atom. The Balaban J connectivity index is 2.18. The lowest BCUT2D eigenvalue weighted by Gasteiger charge is -2.27. The van der Waals surface area contributed by atoms with Crippen molar-refractivity contribution in [2.75, 3.05) is 6.54 Å². The molecule has 1 nitrogen and oxygen atoms in total. The highest BCUT2D eigenvalue weighted by Crippen LogP contribution is 2.22. The average Bonchev–Trinajstić information content (AvgIpc) is 2.03. The zero-order valence-corrected chi connectivity index (χ0v) is 7.09. The minimum atomic E-state index is 0.601. The predicted octanol–water partition coefficient (Wildman–Crippen LogP) is 2.36. The minimum absolute atomic E-state index is 0.601. The molecule has 0 saturated carbocycles. The standard InChI is InChI=1S/C11H13N/c1-2-9-3-5-10(6-4-9)11-7-8-12-11/h2-6,11-12H,1,7-8H2/t11-/m1/s1. The van der Waals surface area contributed by atoms with Crippen molar-refractivity contribution in [1.82, 2.24) is 5.32 Å². The van der Waals surface area contributed by atoms with E-state index in [-0.39, 0.29) is 0 Å². The van der Waals surface area contributed by atoms with Gasteiger partial charge in [0.25, 0.3) is 0 Å². The molecule has 1 heteroatoms. The molecule has 0 radical (unpaired) electrons. The highest BCUT2D eigenvalue weighted by atomic mass is 15.0. The molecule has 1 N–H and O–H groups in total. The summed E-state index contributed by atoms with van der Waals surface area (Å²) < 4.78 is 0. The van der Waals surface area contributed by atoms with Crippen LogP contribution in [0.1, 0.15) is 23.6 Å². The Morgan fingerprint density at radius 3 is 2.42 bits per heavy atom. The molecule has 1 heterocycles. The van der Waals surface area contributed by atoms with Crippen LogP contribution in [0.25, 0.3) is 6.08 Å². The van der Waals surface area contributed by atoms with E-state index in [1.807, 2.05) is 6.08 Å². The quantitative estimate of drug-likeness (QED) is 0.698. The average molecular weight is 159 g/mol. The minimum Gasteiger partial charge on any atom is -0.310 e. The van der Waals surface area contributed by atoms with Crippen LogP contribution in [0, 0.1) is 0 Å². The molecule has 0 aliphatic carbocycles. The fourth-order valence-corrected chi connectivity index (χ4v) is 1.44. The number of hydrogen-bond acceptors (Lipinski definition) is 1. The van der Waals surface area contributed by atoms with Gasteiger partial charge in [-0.05, 0) is 24.1 Å². The zero-order valence-electron chi connectivity index (χ0n) is 7.09. The Kier molecular flexibility index (Phi) is 1.96. The first-order valence-corrected chi connectivity index (χ1v) is 4.36. The third kappa shape index (κ3) is 1.28. The Bertz CT molecular complexity index is 270. The monoisotopic (exact) mass is 159 g/mol. The van der Waals surface area contributed by atoms with Crippen molar-refractivity contribution in [3.63, 3.8) is 0 Å². The fraction of sp³-hybridized carbons (Fsp3) is 0.273. The topological polar surface area (TPSA) is 12.0 Å². The summed E-state index contributed by atoms with van der Waals surface area (Å²) in [5, 5.41) is 3.37. The first-order valence-electron chi connectivity index (χ1n) is 4.36. The molecule has 1 atom stereocenters. The summed E-state index contributed by atoms with van der Waals surface area (Å²) in [6.07, 6.45) is 3.14. The number of hydrogen-bond donors (Lipinski definition) is 1. The summed E-state index contributed by atoms with van der Waals surface area (Å²) in [7, 11) is 0. The summed E-state index contributed by atoms with van der Waals surface area (Å²) in [5.41, 5.74) is 2.59. The van der Waals surface area contributed by atoms with Crippen LogP contribution >= 0.6 is 0 Å². The van der Waals surface area contributed by atoms with Crippen molar-refractivity contribution in [2.24, 2.45) is 0 Å². The molecule has 12 heavy (non-hydrogen) atoms. The van der Waals surface area contributed by atoms with Gasteiger partial charge in [-0.15, -0.1) is 0 Å². The van der Waals surface area contributed by atoms with Crippen LogP contribution in [0.2, 0.25) is 0 Å². The second-order valence-electron chi connectivity index (χ2n) is 3.17. The van der Waals surface area contributed by atoms with Crippen LogP contribution in [-0.2, 0) is 0 Å². The van der Waals surface area contributed by atoms with Gasteiger partial charge in [0.2, 0.25) is 0 Å². The Labute approximate surface area is 73.1 Å². The van der Waals surface area contributed by atoms with E-state index < -0.39 is 0 Å². The fourth-order valence-electron chi connectivity index (χ4n) is 1.44. The van der Waals surface area contributed by atoms with Crippen LogP contribution in [0.15, 0.2) is 30.8 Å². The second-order valence-corrected chi connectivity index (χ2v) is 3.17. The maximum Gasteiger partial charge on any atom is 0.0332 e. The van der Waals surface area contributed by atoms with Gasteiger partial charge in [-0.2, -0.15) is 0 Å². The van der Waals surface area contributed by atoms with E-state index in [2.05, 4.69) is 36.2 Å². The molecular weight excluding hydrogens is 146 g/mol. The van der Waals surface area contributed by atoms with Gasteiger partial charge in [0.15, 0.2) is 0 Å². The Morgan fingerprint density at radius 2 is 2.00 bits per heavy atom. The normalized spacial score (nSPS) is 21.5. The van der Waals surface area contributed by atoms with E-state index in [0.29, 0.717) is 6.04 Å². The van der Waals surface area contributed by atoms with E-state index in [0.717, 1.165) is 6.54 Å². The lowest BCUT2D eigenvalue weighted by atomic mass is 9.97. The number of nitrogens with one attached hydrogen (secondary N) is 1. The highest BCUT2D eigenvalue weighted by Gasteiger charge is 2.17. The van der Waals surface area contributed by atoms with E-state index in [4.69, 9.17) is 0 Å². The predicted molar refractivity (Wildman–Crippen MR) is 51.9 cm³/mol. The number of benzene rings is 1. The van der Waals surface area contributed by atoms with Crippen molar-refractivity contribution < 1.29 is 0 Å². The van der Waals surface area contributed by atoms with Crippen LogP contribution < -0.4 is 5.32 Å². The maximum absolute atomic E-state index is 3.72. The Hall–Kier alpha value is -1.08.